The fourth-order valence-corrected chi connectivity index (χ4v) is 12.7. The minimum absolute atomic E-state index is 0.00979. The van der Waals surface area contributed by atoms with E-state index in [9.17, 15) is 18.0 Å². The molecule has 0 radical (unpaired) electrons. The lowest BCUT2D eigenvalue weighted by Gasteiger charge is -2.44. The van der Waals surface area contributed by atoms with Gasteiger partial charge in [0.15, 0.2) is 16.9 Å². The Balaban J connectivity index is 0.000000301. The molecule has 0 bridgehead atoms. The Labute approximate surface area is 761 Å². The Hall–Kier alpha value is -9.20. The molecule has 5 aliphatic heterocycles. The van der Waals surface area contributed by atoms with E-state index in [1.165, 1.54) is 28.1 Å². The van der Waals surface area contributed by atoms with Gasteiger partial charge in [-0.2, -0.15) is 8.42 Å². The van der Waals surface area contributed by atoms with Gasteiger partial charge < -0.3 is 45.1 Å². The monoisotopic (exact) mass is 1750 g/mol. The Morgan fingerprint density at radius 1 is 0.389 bits per heavy atom. The minimum atomic E-state index is -3.55. The molecule has 6 aromatic carbocycles. The number of nitrogens with zero attached hydrogens (tertiary/aromatic N) is 5. The van der Waals surface area contributed by atoms with Gasteiger partial charge in [-0.05, 0) is 101 Å². The van der Waals surface area contributed by atoms with Crippen LogP contribution < -0.4 is 36.4 Å². The second-order valence-corrected chi connectivity index (χ2v) is 50.6. The summed E-state index contributed by atoms with van der Waals surface area (Å²) in [6, 6.07) is 44.5. The van der Waals surface area contributed by atoms with Crippen LogP contribution in [0.3, 0.4) is 0 Å². The fourth-order valence-electron chi connectivity index (χ4n) is 11.4. The number of benzene rings is 6. The number of imidazole rings is 1. The van der Waals surface area contributed by atoms with Crippen molar-refractivity contribution in [2.75, 3.05) is 36.0 Å². The van der Waals surface area contributed by atoms with Crippen LogP contribution in [0.1, 0.15) is 332 Å². The SMILES string of the molecule is CC(C)(C)C.CC(C)(C)C.CC(C)(C)C.CC(C)(C)C.CC(C)(C)C.CC(C)(C)C1=NC(C)(C)c2ccccc2N1.CC(C)(C)C1=NC2(COC2)c2ccccc2N1.CC(C)(C)C1=NS(=O)(=O)c2ccccc2N1.CC(C)(C)c1cc(=O)c2ccccc2[nH]1.CC(C)(C)c1nc2ccccc2c(=O)[nH]1.CC(C)(C)c1ncc(-c2ccc(C(C)(C)C)c3c2OCO3)[nH]1. The lowest BCUT2D eigenvalue weighted by atomic mass is 9.83. The van der Waals surface area contributed by atoms with Crippen molar-refractivity contribution in [2.45, 2.75) is 335 Å². The number of fused-ring (bicyclic) bond motifs is 7. The first-order valence-corrected chi connectivity index (χ1v) is 46.0. The average Bonchev–Trinajstić information content (AvgIpc) is 0.908. The smallest absolute Gasteiger partial charge is 0.286 e. The molecule has 19 heteroatoms. The average molecular weight is 1750 g/mol. The van der Waals surface area contributed by atoms with Gasteiger partial charge in [0.05, 0.1) is 47.2 Å². The summed E-state index contributed by atoms with van der Waals surface area (Å²) in [6.07, 6.45) is 1.87. The number of hydrogen-bond acceptors (Lipinski definition) is 14. The van der Waals surface area contributed by atoms with Crippen molar-refractivity contribution in [1.29, 1.82) is 0 Å². The molecular formula is C107H165N11O7S. The summed E-state index contributed by atoms with van der Waals surface area (Å²) < 4.78 is 44.5. The maximum atomic E-state index is 11.9. The van der Waals surface area contributed by atoms with Gasteiger partial charge in [-0.25, -0.2) is 9.97 Å². The number of nitrogens with one attached hydrogen (secondary N) is 6. The van der Waals surface area contributed by atoms with Crippen LogP contribution in [-0.2, 0) is 47.5 Å². The number of para-hydroxylation sites is 5. The summed E-state index contributed by atoms with van der Waals surface area (Å²) in [5, 5.41) is 11.4. The van der Waals surface area contributed by atoms with E-state index < -0.39 is 10.0 Å². The molecular weight excluding hydrogens is 1580 g/mol. The van der Waals surface area contributed by atoms with Crippen LogP contribution in [0, 0.1) is 43.3 Å². The van der Waals surface area contributed by atoms with Gasteiger partial charge >= 0.3 is 0 Å². The Morgan fingerprint density at radius 3 is 1.25 bits per heavy atom. The summed E-state index contributed by atoms with van der Waals surface area (Å²) in [7, 11) is -3.55. The van der Waals surface area contributed by atoms with Gasteiger partial charge in [-0.3, -0.25) is 19.6 Å². The molecule has 126 heavy (non-hydrogen) atoms. The summed E-state index contributed by atoms with van der Waals surface area (Å²) in [4.78, 5) is 52.1. The van der Waals surface area contributed by atoms with E-state index in [0.29, 0.717) is 57.2 Å². The molecule has 1 saturated heterocycles. The van der Waals surface area contributed by atoms with E-state index in [-0.39, 0.29) is 71.7 Å². The van der Waals surface area contributed by atoms with Gasteiger partial charge in [0.1, 0.15) is 39.6 Å². The fraction of sp³-hybridized carbons (Fsp3) is 0.561. The van der Waals surface area contributed by atoms with E-state index in [0.717, 1.165) is 68.2 Å². The predicted molar refractivity (Wildman–Crippen MR) is 541 cm³/mol. The van der Waals surface area contributed by atoms with Crippen LogP contribution in [0.15, 0.2) is 175 Å². The quantitative estimate of drug-likeness (QED) is 0.0899. The number of H-pyrrole nitrogens is 3. The number of amidine groups is 3. The first kappa shape index (κ1) is 109. The van der Waals surface area contributed by atoms with E-state index in [1.807, 2.05) is 90.2 Å². The number of rotatable bonds is 1. The predicted octanol–water partition coefficient (Wildman–Crippen LogP) is 28.5. The highest BCUT2D eigenvalue weighted by Crippen LogP contribution is 2.48. The Kier molecular flexibility index (Phi) is 36.3. The second kappa shape index (κ2) is 41.9. The number of pyridine rings is 1. The largest absolute Gasteiger partial charge is 0.453 e. The summed E-state index contributed by atoms with van der Waals surface area (Å²) in [5.41, 5.74) is 13.2. The lowest BCUT2D eigenvalue weighted by molar-refractivity contribution is -0.0559. The summed E-state index contributed by atoms with van der Waals surface area (Å²) in [6.45, 7) is 93.9. The molecule has 5 aliphatic rings. The molecule has 8 heterocycles. The number of anilines is 3. The third kappa shape index (κ3) is 36.9. The third-order valence-electron chi connectivity index (χ3n) is 17.5. The van der Waals surface area contributed by atoms with Crippen LogP contribution in [0.2, 0.25) is 0 Å². The van der Waals surface area contributed by atoms with Crippen molar-refractivity contribution in [1.82, 2.24) is 24.9 Å². The molecule has 6 N–H and O–H groups in total. The molecule has 3 aromatic heterocycles. The zero-order valence-corrected chi connectivity index (χ0v) is 86.8. The van der Waals surface area contributed by atoms with Gasteiger partial charge in [0.2, 0.25) is 6.79 Å². The highest BCUT2D eigenvalue weighted by molar-refractivity contribution is 7.90. The molecule has 0 atom stereocenters. The number of aliphatic imine (C=N–C) groups is 2. The molecule has 18 nitrogen and oxygen atoms in total. The molecule has 696 valence electrons. The van der Waals surface area contributed by atoms with Crippen molar-refractivity contribution in [3.63, 3.8) is 0 Å². The zero-order valence-electron chi connectivity index (χ0n) is 86.0. The first-order valence-electron chi connectivity index (χ1n) is 44.6. The number of ether oxygens (including phenoxy) is 3. The normalized spacial score (nSPS) is 15.3. The van der Waals surface area contributed by atoms with E-state index in [1.54, 1.807) is 36.4 Å². The molecule has 1 spiro atoms. The van der Waals surface area contributed by atoms with Crippen molar-refractivity contribution in [3.8, 4) is 22.8 Å². The molecule has 0 amide bonds. The van der Waals surface area contributed by atoms with E-state index in [2.05, 4.69) is 362 Å². The van der Waals surface area contributed by atoms with E-state index in [4.69, 9.17) is 24.2 Å². The van der Waals surface area contributed by atoms with Crippen molar-refractivity contribution in [2.24, 2.45) is 57.7 Å². The van der Waals surface area contributed by atoms with Gasteiger partial charge in [0, 0.05) is 88.8 Å². The molecule has 1 fully saturated rings. The van der Waals surface area contributed by atoms with Crippen molar-refractivity contribution < 1.29 is 22.6 Å². The maximum Gasteiger partial charge on any atom is 0.286 e. The first-order chi connectivity index (χ1) is 56.8. The molecule has 0 saturated carbocycles. The number of sulfonamides is 1. The van der Waals surface area contributed by atoms with Crippen molar-refractivity contribution >= 4 is 66.4 Å². The van der Waals surface area contributed by atoms with Gasteiger partial charge in [0.25, 0.3) is 15.6 Å². The number of hydrogen-bond donors (Lipinski definition) is 6. The highest BCUT2D eigenvalue weighted by atomic mass is 32.2. The second-order valence-electron chi connectivity index (χ2n) is 49.0. The van der Waals surface area contributed by atoms with Crippen molar-refractivity contribution in [3.05, 3.63) is 200 Å². The molecule has 14 rings (SSSR count). The summed E-state index contributed by atoms with van der Waals surface area (Å²) >= 11 is 0. The third-order valence-corrected chi connectivity index (χ3v) is 18.8. The lowest BCUT2D eigenvalue weighted by Crippen LogP contribution is -2.50. The molecule has 0 unspecified atom stereocenters. The minimum Gasteiger partial charge on any atom is -0.453 e. The van der Waals surface area contributed by atoms with Crippen LogP contribution in [-0.4, -0.2) is 70.9 Å². The number of aromatic nitrogens is 5. The van der Waals surface area contributed by atoms with E-state index >= 15 is 0 Å². The van der Waals surface area contributed by atoms with Crippen LogP contribution >= 0.6 is 0 Å². The molecule has 9 aromatic rings. The van der Waals surface area contributed by atoms with Gasteiger partial charge in [-0.15, -0.1) is 4.40 Å². The van der Waals surface area contributed by atoms with Crippen LogP contribution in [0.25, 0.3) is 33.1 Å². The molecule has 0 aliphatic carbocycles. The maximum absolute atomic E-state index is 11.9. The van der Waals surface area contributed by atoms with Crippen LogP contribution in [0.4, 0.5) is 17.1 Å². The standard InChI is InChI=1S/C18H24N2O2.C14H18N2O.C14H20N2.C13H15NO.C12H14N2O.C11H14N2O2S.5C5H12/c1-17(2,3)12-8-7-11(14-15(12)22-10-21-14)13-9-19-16(20-13)18(4,5)6;1-13(2,3)12-15-11-7-5-4-6-10(11)14(16-12)8-17-9-14;1-13(2,3)12-15-11-9-7-6-8-10(11)14(4,5)16-12;1-13(2,3)12-8-11(15)9-6-4-5-7-10(9)14-12;1-12(2,3)11-13-9-7-5-4-6-8(9)10(15)14-11;1-11(2,3)10-12-8-6-4-5-7-9(8)16(14,15)13-10;5*1-5(2,3)4/h7-9H,10H2,1-6H3,(H,19,20);4-7H,8-9H2,1-3H3,(H,15,16);6-9H,1-5H3,(H,15,16);4-8H,1-3H3,(H,14,15);4-7H,1-3H3,(H,13,14,15);4-7H,1-3H3,(H,12,13);5*1-4H3. The Bertz CT molecular complexity index is 5190. The number of aromatic amines is 3. The zero-order chi connectivity index (χ0) is 96.8. The van der Waals surface area contributed by atoms with Gasteiger partial charge in [-0.1, -0.05) is 363 Å². The summed E-state index contributed by atoms with van der Waals surface area (Å²) in [5.74, 6) is 5.97. The Morgan fingerprint density at radius 2 is 0.802 bits per heavy atom. The highest BCUT2D eigenvalue weighted by Gasteiger charge is 2.46. The topological polar surface area (TPSA) is 242 Å². The van der Waals surface area contributed by atoms with Crippen LogP contribution in [0.5, 0.6) is 11.5 Å².